The highest BCUT2D eigenvalue weighted by molar-refractivity contribution is 7.09. The van der Waals surface area contributed by atoms with E-state index in [2.05, 4.69) is 14.3 Å². The van der Waals surface area contributed by atoms with Crippen molar-refractivity contribution in [2.45, 2.75) is 12.8 Å². The monoisotopic (exact) mass is 213 g/mol. The van der Waals surface area contributed by atoms with Crippen LogP contribution in [-0.4, -0.2) is 33.5 Å². The zero-order chi connectivity index (χ0) is 9.97. The maximum Gasteiger partial charge on any atom is 0.303 e. The van der Waals surface area contributed by atoms with Crippen molar-refractivity contribution in [1.82, 2.24) is 9.36 Å². The highest BCUT2D eigenvalue weighted by atomic mass is 32.1. The van der Waals surface area contributed by atoms with Gasteiger partial charge in [-0.3, -0.25) is 4.79 Å². The fourth-order valence-corrected chi connectivity index (χ4v) is 2.29. The molecule has 1 unspecified atom stereocenters. The van der Waals surface area contributed by atoms with E-state index in [0.29, 0.717) is 0 Å². The highest BCUT2D eigenvalue weighted by Gasteiger charge is 2.25. The third-order valence-corrected chi connectivity index (χ3v) is 3.10. The lowest BCUT2D eigenvalue weighted by Crippen LogP contribution is -2.20. The average molecular weight is 213 g/mol. The molecule has 0 spiro atoms. The summed E-state index contributed by atoms with van der Waals surface area (Å²) in [5.41, 5.74) is 0. The molecule has 0 amide bonds. The molecule has 1 atom stereocenters. The summed E-state index contributed by atoms with van der Waals surface area (Å²) >= 11 is 1.36. The molecule has 5 nitrogen and oxygen atoms in total. The maximum absolute atomic E-state index is 10.5. The van der Waals surface area contributed by atoms with Crippen LogP contribution in [0.5, 0.6) is 0 Å². The summed E-state index contributed by atoms with van der Waals surface area (Å²) in [5, 5.41) is 9.55. The largest absolute Gasteiger partial charge is 0.481 e. The third-order valence-electron chi connectivity index (χ3n) is 2.37. The fourth-order valence-electron chi connectivity index (χ4n) is 1.73. The first-order valence-electron chi connectivity index (χ1n) is 4.49. The predicted octanol–water partition coefficient (Wildman–Crippen LogP) is 0.839. The zero-order valence-electron chi connectivity index (χ0n) is 7.59. The number of carboxylic acids is 1. The molecule has 2 heterocycles. The predicted molar refractivity (Wildman–Crippen MR) is 52.5 cm³/mol. The standard InChI is InChI=1S/C8H11N3O2S/c12-7(13)3-6-1-2-11(4-6)8-9-5-10-14-8/h5-6H,1-4H2,(H,12,13). The Labute approximate surface area is 85.6 Å². The number of aromatic nitrogens is 2. The van der Waals surface area contributed by atoms with Crippen molar-refractivity contribution in [3.05, 3.63) is 6.33 Å². The Balaban J connectivity index is 1.92. The van der Waals surface area contributed by atoms with Crippen LogP contribution in [0.25, 0.3) is 0 Å². The summed E-state index contributed by atoms with van der Waals surface area (Å²) in [5.74, 6) is -0.453. The molecule has 1 saturated heterocycles. The number of nitrogens with zero attached hydrogens (tertiary/aromatic N) is 3. The van der Waals surface area contributed by atoms with Gasteiger partial charge in [-0.05, 0) is 12.3 Å². The van der Waals surface area contributed by atoms with Gasteiger partial charge >= 0.3 is 5.97 Å². The molecule has 14 heavy (non-hydrogen) atoms. The Morgan fingerprint density at radius 3 is 3.29 bits per heavy atom. The molecule has 1 fully saturated rings. The van der Waals surface area contributed by atoms with Crippen LogP contribution in [-0.2, 0) is 4.79 Å². The first-order chi connectivity index (χ1) is 6.75. The lowest BCUT2D eigenvalue weighted by atomic mass is 10.1. The van der Waals surface area contributed by atoms with E-state index in [1.54, 1.807) is 0 Å². The lowest BCUT2D eigenvalue weighted by Gasteiger charge is -2.12. The number of carbonyl (C=O) groups is 1. The SMILES string of the molecule is O=C(O)CC1CCN(c2ncns2)C1. The lowest BCUT2D eigenvalue weighted by molar-refractivity contribution is -0.137. The van der Waals surface area contributed by atoms with Crippen LogP contribution in [0.1, 0.15) is 12.8 Å². The van der Waals surface area contributed by atoms with E-state index >= 15 is 0 Å². The van der Waals surface area contributed by atoms with Crippen molar-refractivity contribution in [2.75, 3.05) is 18.0 Å². The summed E-state index contributed by atoms with van der Waals surface area (Å²) in [4.78, 5) is 16.7. The van der Waals surface area contributed by atoms with Gasteiger partial charge in [0.05, 0.1) is 0 Å². The highest BCUT2D eigenvalue weighted by Crippen LogP contribution is 2.25. The van der Waals surface area contributed by atoms with Gasteiger partial charge in [-0.25, -0.2) is 4.98 Å². The Bertz CT molecular complexity index is 314. The summed E-state index contributed by atoms with van der Waals surface area (Å²) in [6, 6.07) is 0. The van der Waals surface area contributed by atoms with Crippen LogP contribution in [0.3, 0.4) is 0 Å². The number of carboxylic acid groups (broad SMARTS) is 1. The Morgan fingerprint density at radius 1 is 1.79 bits per heavy atom. The number of rotatable bonds is 3. The molecular formula is C8H11N3O2S. The van der Waals surface area contributed by atoms with E-state index in [0.717, 1.165) is 24.6 Å². The molecular weight excluding hydrogens is 202 g/mol. The van der Waals surface area contributed by atoms with Gasteiger partial charge in [-0.2, -0.15) is 4.37 Å². The summed E-state index contributed by atoms with van der Waals surface area (Å²) < 4.78 is 3.93. The van der Waals surface area contributed by atoms with E-state index in [1.165, 1.54) is 17.9 Å². The van der Waals surface area contributed by atoms with E-state index in [9.17, 15) is 4.79 Å². The van der Waals surface area contributed by atoms with Gasteiger partial charge in [-0.1, -0.05) is 0 Å². The second-order valence-corrected chi connectivity index (χ2v) is 4.18. The second-order valence-electron chi connectivity index (χ2n) is 3.42. The van der Waals surface area contributed by atoms with Crippen molar-refractivity contribution in [3.8, 4) is 0 Å². The van der Waals surface area contributed by atoms with Gasteiger partial charge in [0.1, 0.15) is 6.33 Å². The summed E-state index contributed by atoms with van der Waals surface area (Å²) in [6.07, 6.45) is 2.73. The minimum Gasteiger partial charge on any atom is -0.481 e. The quantitative estimate of drug-likeness (QED) is 0.806. The Morgan fingerprint density at radius 2 is 2.64 bits per heavy atom. The van der Waals surface area contributed by atoms with Gasteiger partial charge in [0.15, 0.2) is 0 Å². The fraction of sp³-hybridized carbons (Fsp3) is 0.625. The second kappa shape index (κ2) is 3.91. The molecule has 1 aliphatic rings. The van der Waals surface area contributed by atoms with Gasteiger partial charge in [0, 0.05) is 31.0 Å². The minimum absolute atomic E-state index is 0.259. The van der Waals surface area contributed by atoms with Gasteiger partial charge < -0.3 is 10.0 Å². The molecule has 6 heteroatoms. The van der Waals surface area contributed by atoms with E-state index < -0.39 is 5.97 Å². The molecule has 0 aliphatic carbocycles. The Hall–Kier alpha value is -1.17. The van der Waals surface area contributed by atoms with E-state index in [-0.39, 0.29) is 12.3 Å². The Kier molecular flexibility index (Phi) is 2.62. The summed E-state index contributed by atoms with van der Waals surface area (Å²) in [6.45, 7) is 1.69. The van der Waals surface area contributed by atoms with Crippen LogP contribution >= 0.6 is 11.5 Å². The van der Waals surface area contributed by atoms with Crippen LogP contribution in [0.2, 0.25) is 0 Å². The van der Waals surface area contributed by atoms with E-state index in [1.807, 2.05) is 0 Å². The molecule has 1 aromatic heterocycles. The number of aliphatic carboxylic acids is 1. The molecule has 0 aromatic carbocycles. The smallest absolute Gasteiger partial charge is 0.303 e. The van der Waals surface area contributed by atoms with E-state index in [4.69, 9.17) is 5.11 Å². The molecule has 1 aromatic rings. The van der Waals surface area contributed by atoms with Gasteiger partial charge in [-0.15, -0.1) is 0 Å². The van der Waals surface area contributed by atoms with Crippen LogP contribution in [0.4, 0.5) is 5.13 Å². The maximum atomic E-state index is 10.5. The van der Waals surface area contributed by atoms with Gasteiger partial charge in [0.2, 0.25) is 5.13 Å². The van der Waals surface area contributed by atoms with Crippen molar-refractivity contribution < 1.29 is 9.90 Å². The molecule has 0 saturated carbocycles. The normalized spacial score (nSPS) is 21.4. The average Bonchev–Trinajstić information content (AvgIpc) is 2.69. The third kappa shape index (κ3) is 2.01. The molecule has 2 rings (SSSR count). The molecule has 1 N–H and O–H groups in total. The van der Waals surface area contributed by atoms with Crippen molar-refractivity contribution in [3.63, 3.8) is 0 Å². The number of hydrogen-bond acceptors (Lipinski definition) is 5. The molecule has 1 aliphatic heterocycles. The number of hydrogen-bond donors (Lipinski definition) is 1. The van der Waals surface area contributed by atoms with Crippen LogP contribution < -0.4 is 4.90 Å². The minimum atomic E-state index is -0.714. The first kappa shape index (κ1) is 9.39. The van der Waals surface area contributed by atoms with Gasteiger partial charge in [0.25, 0.3) is 0 Å². The van der Waals surface area contributed by atoms with Crippen molar-refractivity contribution in [2.24, 2.45) is 5.92 Å². The van der Waals surface area contributed by atoms with Crippen molar-refractivity contribution in [1.29, 1.82) is 0 Å². The number of anilines is 1. The first-order valence-corrected chi connectivity index (χ1v) is 5.26. The molecule has 0 bridgehead atoms. The molecule has 0 radical (unpaired) electrons. The summed E-state index contributed by atoms with van der Waals surface area (Å²) in [7, 11) is 0. The van der Waals surface area contributed by atoms with Crippen LogP contribution in [0.15, 0.2) is 6.33 Å². The van der Waals surface area contributed by atoms with Crippen molar-refractivity contribution >= 4 is 22.6 Å². The molecule has 76 valence electrons. The zero-order valence-corrected chi connectivity index (χ0v) is 8.40. The van der Waals surface area contributed by atoms with Crippen LogP contribution in [0, 0.1) is 5.92 Å². The topological polar surface area (TPSA) is 66.3 Å².